The molecule has 0 bridgehead atoms. The van der Waals surface area contributed by atoms with Crippen LogP contribution in [0.2, 0.25) is 0 Å². The van der Waals surface area contributed by atoms with E-state index in [2.05, 4.69) is 4.74 Å². The predicted octanol–water partition coefficient (Wildman–Crippen LogP) is 4.72. The minimum absolute atomic E-state index is 0.0945. The molecule has 0 aromatic rings. The van der Waals surface area contributed by atoms with Crippen molar-refractivity contribution < 1.29 is 31.1 Å². The Morgan fingerprint density at radius 2 is 1.61 bits per heavy atom. The van der Waals surface area contributed by atoms with Crippen molar-refractivity contribution in [3.8, 4) is 0 Å². The summed E-state index contributed by atoms with van der Waals surface area (Å²) in [6.07, 6.45) is -9.47. The molecule has 0 aromatic heterocycles. The SMILES string of the molecule is CC(C)C1=CC(OC(F)(F)F)=C(C(F)(F)F)CC1. The van der Waals surface area contributed by atoms with Gasteiger partial charge in [-0.3, -0.25) is 0 Å². The van der Waals surface area contributed by atoms with Crippen molar-refractivity contribution >= 4 is 0 Å². The molecule has 1 rings (SSSR count). The monoisotopic (exact) mass is 274 g/mol. The summed E-state index contributed by atoms with van der Waals surface area (Å²) >= 11 is 0. The van der Waals surface area contributed by atoms with E-state index >= 15 is 0 Å². The molecule has 0 saturated heterocycles. The van der Waals surface area contributed by atoms with Crippen molar-refractivity contribution in [3.63, 3.8) is 0 Å². The van der Waals surface area contributed by atoms with Crippen molar-refractivity contribution in [2.45, 2.75) is 39.2 Å². The van der Waals surface area contributed by atoms with Gasteiger partial charge in [0.2, 0.25) is 0 Å². The summed E-state index contributed by atoms with van der Waals surface area (Å²) in [7, 11) is 0. The average Bonchev–Trinajstić information content (AvgIpc) is 2.12. The smallest absolute Gasteiger partial charge is 0.405 e. The van der Waals surface area contributed by atoms with Crippen LogP contribution in [0.15, 0.2) is 23.0 Å². The van der Waals surface area contributed by atoms with Crippen LogP contribution in [0.4, 0.5) is 26.3 Å². The van der Waals surface area contributed by atoms with Crippen molar-refractivity contribution in [1.29, 1.82) is 0 Å². The third kappa shape index (κ3) is 3.96. The molecular formula is C11H12F6O. The van der Waals surface area contributed by atoms with E-state index in [1.165, 1.54) is 0 Å². The molecule has 0 radical (unpaired) electrons. The summed E-state index contributed by atoms with van der Waals surface area (Å²) in [6.45, 7) is 3.41. The van der Waals surface area contributed by atoms with Crippen LogP contribution >= 0.6 is 0 Å². The molecule has 0 N–H and O–H groups in total. The largest absolute Gasteiger partial charge is 0.573 e. The van der Waals surface area contributed by atoms with E-state index in [0.29, 0.717) is 5.57 Å². The first kappa shape index (κ1) is 14.9. The Morgan fingerprint density at radius 1 is 1.06 bits per heavy atom. The molecule has 0 aliphatic heterocycles. The molecule has 0 amide bonds. The van der Waals surface area contributed by atoms with Gasteiger partial charge in [-0.2, -0.15) is 13.2 Å². The van der Waals surface area contributed by atoms with E-state index in [1.807, 2.05) is 0 Å². The zero-order chi connectivity index (χ0) is 14.1. The molecule has 0 atom stereocenters. The van der Waals surface area contributed by atoms with Crippen LogP contribution in [0, 0.1) is 5.92 Å². The summed E-state index contributed by atoms with van der Waals surface area (Å²) in [4.78, 5) is 0. The van der Waals surface area contributed by atoms with E-state index in [4.69, 9.17) is 0 Å². The minimum atomic E-state index is -5.12. The van der Waals surface area contributed by atoms with Crippen LogP contribution in [-0.4, -0.2) is 12.5 Å². The molecule has 0 saturated carbocycles. The molecular weight excluding hydrogens is 262 g/mol. The molecule has 0 heterocycles. The summed E-state index contributed by atoms with van der Waals surface area (Å²) < 4.78 is 77.4. The molecule has 1 nitrogen and oxygen atoms in total. The maximum Gasteiger partial charge on any atom is 0.573 e. The normalized spacial score (nSPS) is 18.2. The van der Waals surface area contributed by atoms with Crippen LogP contribution in [0.1, 0.15) is 26.7 Å². The lowest BCUT2D eigenvalue weighted by atomic mass is 9.90. The Kier molecular flexibility index (Phi) is 4.02. The maximum atomic E-state index is 12.6. The van der Waals surface area contributed by atoms with Gasteiger partial charge in [0.25, 0.3) is 0 Å². The van der Waals surface area contributed by atoms with Crippen LogP contribution in [-0.2, 0) is 4.74 Å². The van der Waals surface area contributed by atoms with Crippen LogP contribution in [0.5, 0.6) is 0 Å². The third-order valence-electron chi connectivity index (χ3n) is 2.59. The Hall–Kier alpha value is -1.14. The topological polar surface area (TPSA) is 9.23 Å². The van der Waals surface area contributed by atoms with Gasteiger partial charge >= 0.3 is 12.5 Å². The highest BCUT2D eigenvalue weighted by atomic mass is 19.4. The molecule has 18 heavy (non-hydrogen) atoms. The second kappa shape index (κ2) is 4.85. The number of halogens is 6. The van der Waals surface area contributed by atoms with E-state index in [9.17, 15) is 26.3 Å². The van der Waals surface area contributed by atoms with E-state index < -0.39 is 30.3 Å². The second-order valence-electron chi connectivity index (χ2n) is 4.26. The molecule has 0 unspecified atom stereocenters. The van der Waals surface area contributed by atoms with Gasteiger partial charge in [0, 0.05) is 0 Å². The van der Waals surface area contributed by atoms with Crippen LogP contribution in [0.3, 0.4) is 0 Å². The highest BCUT2D eigenvalue weighted by Gasteiger charge is 2.42. The standard InChI is InChI=1S/C11H12F6O/c1-6(2)7-3-4-8(10(12,13)14)9(5-7)18-11(15,16)17/h5-6H,3-4H2,1-2H3. The van der Waals surface area contributed by atoms with Gasteiger partial charge in [0.15, 0.2) is 0 Å². The average molecular weight is 274 g/mol. The van der Waals surface area contributed by atoms with Gasteiger partial charge in [-0.25, -0.2) is 0 Å². The fourth-order valence-corrected chi connectivity index (χ4v) is 1.67. The quantitative estimate of drug-likeness (QED) is 0.662. The van der Waals surface area contributed by atoms with Crippen LogP contribution < -0.4 is 0 Å². The van der Waals surface area contributed by atoms with E-state index in [-0.39, 0.29) is 12.3 Å². The molecule has 7 heteroatoms. The van der Waals surface area contributed by atoms with Crippen LogP contribution in [0.25, 0.3) is 0 Å². The number of alkyl halides is 6. The van der Waals surface area contributed by atoms with Gasteiger partial charge in [-0.05, 0) is 24.8 Å². The molecule has 1 aliphatic rings. The number of ether oxygens (including phenoxy) is 1. The highest BCUT2D eigenvalue weighted by molar-refractivity contribution is 5.33. The molecule has 1 aliphatic carbocycles. The van der Waals surface area contributed by atoms with Crippen molar-refractivity contribution in [2.24, 2.45) is 5.92 Å². The number of rotatable bonds is 2. The third-order valence-corrected chi connectivity index (χ3v) is 2.59. The molecule has 0 fully saturated rings. The second-order valence-corrected chi connectivity index (χ2v) is 4.26. The summed E-state index contributed by atoms with van der Waals surface area (Å²) in [6, 6.07) is 0. The number of allylic oxidation sites excluding steroid dienone is 3. The first-order valence-electron chi connectivity index (χ1n) is 5.27. The fourth-order valence-electron chi connectivity index (χ4n) is 1.67. The van der Waals surface area contributed by atoms with Gasteiger partial charge < -0.3 is 4.74 Å². The van der Waals surface area contributed by atoms with Crippen molar-refractivity contribution in [2.75, 3.05) is 0 Å². The first-order valence-corrected chi connectivity index (χ1v) is 5.27. The zero-order valence-corrected chi connectivity index (χ0v) is 9.74. The number of hydrogen-bond donors (Lipinski definition) is 0. The molecule has 104 valence electrons. The Bertz CT molecular complexity index is 372. The summed E-state index contributed by atoms with van der Waals surface area (Å²) in [5.41, 5.74) is -0.744. The van der Waals surface area contributed by atoms with Gasteiger partial charge in [-0.15, -0.1) is 13.2 Å². The van der Waals surface area contributed by atoms with Gasteiger partial charge in [-0.1, -0.05) is 19.4 Å². The highest BCUT2D eigenvalue weighted by Crippen LogP contribution is 2.40. The van der Waals surface area contributed by atoms with Crippen molar-refractivity contribution in [3.05, 3.63) is 23.0 Å². The summed E-state index contributed by atoms with van der Waals surface area (Å²) in [5.74, 6) is -1.25. The summed E-state index contributed by atoms with van der Waals surface area (Å²) in [5, 5.41) is 0. The predicted molar refractivity (Wildman–Crippen MR) is 52.4 cm³/mol. The van der Waals surface area contributed by atoms with E-state index in [0.717, 1.165) is 6.08 Å². The maximum absolute atomic E-state index is 12.6. The van der Waals surface area contributed by atoms with Gasteiger partial charge in [0.1, 0.15) is 5.76 Å². The lowest BCUT2D eigenvalue weighted by Crippen LogP contribution is -2.22. The number of hydrogen-bond acceptors (Lipinski definition) is 1. The Labute approximate surface area is 100 Å². The zero-order valence-electron chi connectivity index (χ0n) is 9.74. The van der Waals surface area contributed by atoms with Gasteiger partial charge in [0.05, 0.1) is 5.57 Å². The Morgan fingerprint density at radius 3 is 2.00 bits per heavy atom. The molecule has 0 aromatic carbocycles. The lowest BCUT2D eigenvalue weighted by molar-refractivity contribution is -0.305. The Balaban J connectivity index is 3.16. The fraction of sp³-hybridized carbons (Fsp3) is 0.636. The molecule has 0 spiro atoms. The van der Waals surface area contributed by atoms with Crippen molar-refractivity contribution in [1.82, 2.24) is 0 Å². The lowest BCUT2D eigenvalue weighted by Gasteiger charge is -2.24. The minimum Gasteiger partial charge on any atom is -0.405 e. The first-order chi connectivity index (χ1) is 8.00. The van der Waals surface area contributed by atoms with E-state index in [1.54, 1.807) is 13.8 Å².